The highest BCUT2D eigenvalue weighted by molar-refractivity contribution is 5.94. The Morgan fingerprint density at radius 2 is 1.74 bits per heavy atom. The molecular weight excluding hydrogens is 406 g/mol. The summed E-state index contributed by atoms with van der Waals surface area (Å²) < 4.78 is 11.3. The lowest BCUT2D eigenvalue weighted by atomic mass is 10.1. The average Bonchev–Trinajstić information content (AvgIpc) is 2.72. The number of hydrogen-bond acceptors (Lipinski definition) is 7. The number of carbonyl (C=O) groups excluding carboxylic acids is 1. The van der Waals surface area contributed by atoms with Gasteiger partial charge in [-0.2, -0.15) is 0 Å². The Hall–Kier alpha value is -2.75. The monoisotopic (exact) mass is 439 g/mol. The summed E-state index contributed by atoms with van der Waals surface area (Å²) >= 11 is 0. The summed E-state index contributed by atoms with van der Waals surface area (Å²) in [5.74, 6) is -1.85. The molecule has 1 aromatic rings. The van der Waals surface area contributed by atoms with Gasteiger partial charge in [0, 0.05) is 36.4 Å². The summed E-state index contributed by atoms with van der Waals surface area (Å²) in [6.45, 7) is 8.30. The highest BCUT2D eigenvalue weighted by Crippen LogP contribution is 2.22. The quantitative estimate of drug-likeness (QED) is 0.195. The number of ether oxygens (including phenoxy) is 2. The molecule has 0 heterocycles. The number of Topliss-reactive ketones (excluding diaryl/α,β-unsaturated/α-hetero) is 1. The van der Waals surface area contributed by atoms with E-state index in [0.717, 1.165) is 24.9 Å². The van der Waals surface area contributed by atoms with Crippen LogP contribution in [-0.4, -0.2) is 65.4 Å². The Kier molecular flexibility index (Phi) is 15.5. The minimum absolute atomic E-state index is 0.0112. The second kappa shape index (κ2) is 17.0. The summed E-state index contributed by atoms with van der Waals surface area (Å²) in [6.07, 6.45) is 2.51. The van der Waals surface area contributed by atoms with E-state index in [1.54, 1.807) is 18.2 Å². The first kappa shape index (κ1) is 28.2. The fourth-order valence-electron chi connectivity index (χ4n) is 2.21. The maximum Gasteiger partial charge on any atom is 0.328 e. The third kappa shape index (κ3) is 14.8. The number of carbonyl (C=O) groups is 3. The van der Waals surface area contributed by atoms with E-state index >= 15 is 0 Å². The maximum atomic E-state index is 11.5. The highest BCUT2D eigenvalue weighted by Gasteiger charge is 2.11. The first-order chi connectivity index (χ1) is 14.7. The molecule has 0 bridgehead atoms. The van der Waals surface area contributed by atoms with Crippen molar-refractivity contribution in [2.75, 3.05) is 26.3 Å². The molecule has 0 aliphatic carbocycles. The van der Waals surface area contributed by atoms with E-state index in [-0.39, 0.29) is 12.4 Å². The molecule has 1 atom stereocenters. The normalized spacial score (nSPS) is 11.5. The lowest BCUT2D eigenvalue weighted by molar-refractivity contribution is -0.134. The number of hydrogen-bond donors (Lipinski definition) is 4. The Morgan fingerprint density at radius 3 is 2.26 bits per heavy atom. The van der Waals surface area contributed by atoms with Gasteiger partial charge in [-0.15, -0.1) is 0 Å². The van der Waals surface area contributed by atoms with Crippen LogP contribution in [-0.2, 0) is 20.9 Å². The van der Waals surface area contributed by atoms with Crippen molar-refractivity contribution in [1.29, 1.82) is 0 Å². The topological polar surface area (TPSA) is 142 Å². The number of nitrogens with one attached hydrogen (secondary N) is 1. The van der Waals surface area contributed by atoms with Gasteiger partial charge in [0.25, 0.3) is 0 Å². The van der Waals surface area contributed by atoms with E-state index in [2.05, 4.69) is 12.2 Å². The molecule has 0 spiro atoms. The van der Waals surface area contributed by atoms with Crippen molar-refractivity contribution in [3.8, 4) is 5.75 Å². The fourth-order valence-corrected chi connectivity index (χ4v) is 2.21. The minimum atomic E-state index is -1.26. The van der Waals surface area contributed by atoms with Gasteiger partial charge in [-0.25, -0.2) is 9.59 Å². The fraction of sp³-hybridized carbons (Fsp3) is 0.500. The number of carboxylic acids is 2. The van der Waals surface area contributed by atoms with Crippen molar-refractivity contribution in [2.45, 2.75) is 46.3 Å². The van der Waals surface area contributed by atoms with Gasteiger partial charge in [0.15, 0.2) is 5.78 Å². The zero-order chi connectivity index (χ0) is 23.6. The Bertz CT molecular complexity index is 701. The van der Waals surface area contributed by atoms with Crippen LogP contribution in [0.1, 0.15) is 49.5 Å². The third-order valence-corrected chi connectivity index (χ3v) is 3.68. The van der Waals surface area contributed by atoms with Crippen molar-refractivity contribution in [2.24, 2.45) is 0 Å². The molecule has 9 nitrogen and oxygen atoms in total. The van der Waals surface area contributed by atoms with Crippen molar-refractivity contribution in [3.05, 3.63) is 41.5 Å². The van der Waals surface area contributed by atoms with E-state index in [0.29, 0.717) is 43.2 Å². The van der Waals surface area contributed by atoms with Gasteiger partial charge >= 0.3 is 11.9 Å². The predicted molar refractivity (Wildman–Crippen MR) is 115 cm³/mol. The molecule has 1 unspecified atom stereocenters. The number of rotatable bonds is 14. The molecule has 0 aliphatic rings. The maximum absolute atomic E-state index is 11.5. The lowest BCUT2D eigenvalue weighted by Gasteiger charge is -2.16. The number of benzene rings is 1. The summed E-state index contributed by atoms with van der Waals surface area (Å²) in [7, 11) is 0. The van der Waals surface area contributed by atoms with Crippen LogP contribution in [0.4, 0.5) is 0 Å². The smallest absolute Gasteiger partial charge is 0.328 e. The summed E-state index contributed by atoms with van der Waals surface area (Å²) in [5.41, 5.74) is 1.47. The molecule has 9 heteroatoms. The van der Waals surface area contributed by atoms with Crippen LogP contribution < -0.4 is 10.1 Å². The average molecular weight is 440 g/mol. The van der Waals surface area contributed by atoms with Crippen LogP contribution in [0.5, 0.6) is 5.75 Å². The Morgan fingerprint density at radius 1 is 1.10 bits per heavy atom. The SMILES string of the molecule is CCCNCC(O)COc1ccc(C(C)=O)cc1COCCC.O=C(O)/C=C/C(=O)O. The molecule has 1 rings (SSSR count). The summed E-state index contributed by atoms with van der Waals surface area (Å²) in [5, 5.41) is 28.7. The Balaban J connectivity index is 0.000000954. The van der Waals surface area contributed by atoms with Gasteiger partial charge in [-0.1, -0.05) is 13.8 Å². The van der Waals surface area contributed by atoms with Crippen molar-refractivity contribution in [3.63, 3.8) is 0 Å². The molecule has 0 amide bonds. The van der Waals surface area contributed by atoms with Gasteiger partial charge in [-0.05, 0) is 44.5 Å². The number of carboxylic acid groups (broad SMARTS) is 2. The standard InChI is InChI=1S/C18H29NO4.C4H4O4/c1-4-8-19-11-17(21)13-23-18-7-6-15(14(3)20)10-16(18)12-22-9-5-2;5-3(6)1-2-4(7)8/h6-7,10,17,19,21H,4-5,8-9,11-13H2,1-3H3;1-2H,(H,5,6)(H,7,8)/b;2-1+. The second-order valence-corrected chi connectivity index (χ2v) is 6.61. The molecular formula is C22H33NO8. The van der Waals surface area contributed by atoms with Crippen LogP contribution in [0.3, 0.4) is 0 Å². The summed E-state index contributed by atoms with van der Waals surface area (Å²) in [6, 6.07) is 5.31. The van der Waals surface area contributed by atoms with Gasteiger partial charge in [0.05, 0.1) is 6.61 Å². The number of aliphatic carboxylic acids is 2. The van der Waals surface area contributed by atoms with Crippen LogP contribution >= 0.6 is 0 Å². The van der Waals surface area contributed by atoms with Crippen molar-refractivity contribution in [1.82, 2.24) is 5.32 Å². The first-order valence-electron chi connectivity index (χ1n) is 10.1. The zero-order valence-corrected chi connectivity index (χ0v) is 18.3. The molecule has 0 saturated heterocycles. The second-order valence-electron chi connectivity index (χ2n) is 6.61. The molecule has 4 N–H and O–H groups in total. The molecule has 1 aromatic carbocycles. The zero-order valence-electron chi connectivity index (χ0n) is 18.3. The van der Waals surface area contributed by atoms with Gasteiger partial charge in [0.2, 0.25) is 0 Å². The molecule has 0 aliphatic heterocycles. The summed E-state index contributed by atoms with van der Waals surface area (Å²) in [4.78, 5) is 30.6. The predicted octanol–water partition coefficient (Wildman–Crippen LogP) is 2.27. The van der Waals surface area contributed by atoms with Crippen LogP contribution in [0, 0.1) is 0 Å². The molecule has 0 radical (unpaired) electrons. The number of aliphatic hydroxyl groups excluding tert-OH is 1. The molecule has 31 heavy (non-hydrogen) atoms. The molecule has 0 aromatic heterocycles. The van der Waals surface area contributed by atoms with Crippen molar-refractivity contribution < 1.29 is 39.2 Å². The largest absolute Gasteiger partial charge is 0.490 e. The third-order valence-electron chi connectivity index (χ3n) is 3.68. The number of ketones is 1. The van der Waals surface area contributed by atoms with Crippen LogP contribution in [0.2, 0.25) is 0 Å². The van der Waals surface area contributed by atoms with Crippen LogP contribution in [0.25, 0.3) is 0 Å². The minimum Gasteiger partial charge on any atom is -0.490 e. The highest BCUT2D eigenvalue weighted by atomic mass is 16.5. The molecule has 174 valence electrons. The number of aliphatic hydroxyl groups is 1. The lowest BCUT2D eigenvalue weighted by Crippen LogP contribution is -2.31. The van der Waals surface area contributed by atoms with Crippen molar-refractivity contribution >= 4 is 17.7 Å². The van der Waals surface area contributed by atoms with E-state index < -0.39 is 18.0 Å². The van der Waals surface area contributed by atoms with E-state index in [1.807, 2.05) is 6.92 Å². The van der Waals surface area contributed by atoms with Crippen LogP contribution in [0.15, 0.2) is 30.4 Å². The van der Waals surface area contributed by atoms with E-state index in [9.17, 15) is 19.5 Å². The molecule has 0 saturated carbocycles. The Labute approximate surface area is 182 Å². The molecule has 0 fully saturated rings. The van der Waals surface area contributed by atoms with Gasteiger partial charge < -0.3 is 30.1 Å². The van der Waals surface area contributed by atoms with E-state index in [1.165, 1.54) is 6.92 Å². The van der Waals surface area contributed by atoms with Gasteiger partial charge in [-0.3, -0.25) is 4.79 Å². The van der Waals surface area contributed by atoms with E-state index in [4.69, 9.17) is 19.7 Å². The van der Waals surface area contributed by atoms with Gasteiger partial charge in [0.1, 0.15) is 18.5 Å². The first-order valence-corrected chi connectivity index (χ1v) is 10.1.